The Bertz CT molecular complexity index is 401. The molecule has 14 heavy (non-hydrogen) atoms. The van der Waals surface area contributed by atoms with Gasteiger partial charge in [0, 0.05) is 10.7 Å². The molecule has 0 N–H and O–H groups in total. The van der Waals surface area contributed by atoms with Crippen LogP contribution < -0.4 is 0 Å². The third-order valence-corrected chi connectivity index (χ3v) is 2.59. The summed E-state index contributed by atoms with van der Waals surface area (Å²) in [5, 5.41) is 0. The fraction of sp³-hybridized carbons (Fsp3) is 0.375. The molecule has 1 unspecified atom stereocenters. The molecule has 0 radical (unpaired) electrons. The Morgan fingerprint density at radius 1 is 1.50 bits per heavy atom. The molecule has 1 aromatic heterocycles. The van der Waals surface area contributed by atoms with Crippen LogP contribution in [-0.2, 0) is 14.3 Å². The molecule has 78 valence electrons. The predicted octanol–water partition coefficient (Wildman–Crippen LogP) is 1.88. The molecule has 0 aliphatic carbocycles. The average Bonchev–Trinajstić information content (AvgIpc) is 2.02. The Labute approximate surface area is 91.6 Å². The molecule has 0 saturated heterocycles. The van der Waals surface area contributed by atoms with E-state index >= 15 is 0 Å². The largest absolute Gasteiger partial charge is 0.265 e. The van der Waals surface area contributed by atoms with Crippen LogP contribution >= 0.6 is 15.9 Å². The van der Waals surface area contributed by atoms with Crippen molar-refractivity contribution in [1.29, 1.82) is 0 Å². The molecule has 0 bridgehead atoms. The van der Waals surface area contributed by atoms with Crippen LogP contribution in [0.1, 0.15) is 18.7 Å². The fourth-order valence-electron chi connectivity index (χ4n) is 0.939. The minimum atomic E-state index is -3.43. The summed E-state index contributed by atoms with van der Waals surface area (Å²) in [6.45, 7) is 1.64. The van der Waals surface area contributed by atoms with E-state index in [-0.39, 0.29) is 0 Å². The van der Waals surface area contributed by atoms with Crippen molar-refractivity contribution in [3.8, 4) is 0 Å². The van der Waals surface area contributed by atoms with E-state index in [0.29, 0.717) is 5.69 Å². The van der Waals surface area contributed by atoms with Gasteiger partial charge in [0.1, 0.15) is 6.10 Å². The van der Waals surface area contributed by atoms with Gasteiger partial charge in [0.15, 0.2) is 0 Å². The number of halogens is 1. The zero-order valence-electron chi connectivity index (χ0n) is 7.77. The zero-order valence-corrected chi connectivity index (χ0v) is 10.2. The van der Waals surface area contributed by atoms with Gasteiger partial charge in [-0.25, -0.2) is 0 Å². The minimum absolute atomic E-state index is 0.557. The van der Waals surface area contributed by atoms with E-state index in [2.05, 4.69) is 20.9 Å². The van der Waals surface area contributed by atoms with Crippen molar-refractivity contribution in [3.05, 3.63) is 28.5 Å². The van der Waals surface area contributed by atoms with E-state index in [4.69, 9.17) is 4.18 Å². The van der Waals surface area contributed by atoms with Crippen LogP contribution in [0.4, 0.5) is 0 Å². The van der Waals surface area contributed by atoms with E-state index in [1.54, 1.807) is 25.3 Å². The second-order valence-corrected chi connectivity index (χ2v) is 5.36. The molecule has 1 heterocycles. The molecular weight excluding hydrogens is 270 g/mol. The lowest BCUT2D eigenvalue weighted by Gasteiger charge is -2.09. The summed E-state index contributed by atoms with van der Waals surface area (Å²) in [6, 6.07) is 3.49. The van der Waals surface area contributed by atoms with Gasteiger partial charge in [-0.3, -0.25) is 9.17 Å². The molecule has 0 aliphatic heterocycles. The third-order valence-electron chi connectivity index (χ3n) is 1.49. The minimum Gasteiger partial charge on any atom is -0.261 e. The van der Waals surface area contributed by atoms with Crippen molar-refractivity contribution in [2.75, 3.05) is 6.26 Å². The van der Waals surface area contributed by atoms with E-state index in [0.717, 1.165) is 10.7 Å². The molecule has 4 nitrogen and oxygen atoms in total. The van der Waals surface area contributed by atoms with Gasteiger partial charge in [-0.1, -0.05) is 0 Å². The summed E-state index contributed by atoms with van der Waals surface area (Å²) >= 11 is 3.23. The summed E-state index contributed by atoms with van der Waals surface area (Å²) in [4.78, 5) is 4.03. The third kappa shape index (κ3) is 3.73. The van der Waals surface area contributed by atoms with Crippen molar-refractivity contribution < 1.29 is 12.6 Å². The van der Waals surface area contributed by atoms with Crippen LogP contribution in [0, 0.1) is 0 Å². The highest BCUT2D eigenvalue weighted by Crippen LogP contribution is 2.17. The Morgan fingerprint density at radius 3 is 2.57 bits per heavy atom. The molecule has 0 spiro atoms. The second-order valence-electron chi connectivity index (χ2n) is 2.84. The lowest BCUT2D eigenvalue weighted by molar-refractivity contribution is 0.232. The Hall–Kier alpha value is -0.460. The first-order valence-electron chi connectivity index (χ1n) is 3.88. The van der Waals surface area contributed by atoms with Gasteiger partial charge in [0.2, 0.25) is 0 Å². The summed E-state index contributed by atoms with van der Waals surface area (Å²) < 4.78 is 27.2. The number of hydrogen-bond donors (Lipinski definition) is 0. The molecule has 0 aromatic carbocycles. The van der Waals surface area contributed by atoms with Crippen LogP contribution in [-0.4, -0.2) is 19.7 Å². The van der Waals surface area contributed by atoms with E-state index in [1.807, 2.05) is 0 Å². The summed E-state index contributed by atoms with van der Waals surface area (Å²) in [5.74, 6) is 0. The number of pyridine rings is 1. The molecule has 1 rings (SSSR count). The zero-order chi connectivity index (χ0) is 10.8. The second kappa shape index (κ2) is 4.37. The quantitative estimate of drug-likeness (QED) is 0.793. The first kappa shape index (κ1) is 11.6. The van der Waals surface area contributed by atoms with Gasteiger partial charge >= 0.3 is 0 Å². The predicted molar refractivity (Wildman–Crippen MR) is 56.3 cm³/mol. The number of aromatic nitrogens is 1. The Kier molecular flexibility index (Phi) is 3.63. The van der Waals surface area contributed by atoms with Crippen LogP contribution in [0.15, 0.2) is 22.8 Å². The molecular formula is C8H10BrNO3S. The van der Waals surface area contributed by atoms with Gasteiger partial charge in [-0.15, -0.1) is 0 Å². The van der Waals surface area contributed by atoms with Gasteiger partial charge in [0.25, 0.3) is 10.1 Å². The summed E-state index contributed by atoms with van der Waals surface area (Å²) in [5.41, 5.74) is 0.582. The van der Waals surface area contributed by atoms with Gasteiger partial charge in [0.05, 0.1) is 11.9 Å². The lowest BCUT2D eigenvalue weighted by Crippen LogP contribution is -2.08. The van der Waals surface area contributed by atoms with Crippen molar-refractivity contribution in [3.63, 3.8) is 0 Å². The molecule has 1 aromatic rings. The van der Waals surface area contributed by atoms with Gasteiger partial charge < -0.3 is 0 Å². The fourth-order valence-corrected chi connectivity index (χ4v) is 1.80. The number of hydrogen-bond acceptors (Lipinski definition) is 4. The number of rotatable bonds is 3. The lowest BCUT2D eigenvalue weighted by atomic mass is 10.2. The highest BCUT2D eigenvalue weighted by atomic mass is 79.9. The van der Waals surface area contributed by atoms with Crippen LogP contribution in [0.5, 0.6) is 0 Å². The summed E-state index contributed by atoms with van der Waals surface area (Å²) in [7, 11) is -3.43. The van der Waals surface area contributed by atoms with Crippen molar-refractivity contribution in [2.24, 2.45) is 0 Å². The van der Waals surface area contributed by atoms with Crippen LogP contribution in [0.2, 0.25) is 0 Å². The molecule has 6 heteroatoms. The smallest absolute Gasteiger partial charge is 0.261 e. The molecule has 1 atom stereocenters. The molecule has 0 fully saturated rings. The first-order chi connectivity index (χ1) is 6.38. The number of nitrogens with zero attached hydrogens (tertiary/aromatic N) is 1. The summed E-state index contributed by atoms with van der Waals surface area (Å²) in [6.07, 6.45) is 2.05. The van der Waals surface area contributed by atoms with Crippen LogP contribution in [0.25, 0.3) is 0 Å². The first-order valence-corrected chi connectivity index (χ1v) is 6.49. The molecule has 0 amide bonds. The normalized spacial score (nSPS) is 13.9. The van der Waals surface area contributed by atoms with Crippen molar-refractivity contribution in [2.45, 2.75) is 13.0 Å². The standard InChI is InChI=1S/C8H10BrNO3S/c1-6(13-14(2,11)12)8-4-3-7(9)5-10-8/h3-6H,1-2H3. The van der Waals surface area contributed by atoms with Gasteiger partial charge in [-0.2, -0.15) is 8.42 Å². The average molecular weight is 280 g/mol. The van der Waals surface area contributed by atoms with Crippen molar-refractivity contribution in [1.82, 2.24) is 4.98 Å². The Morgan fingerprint density at radius 2 is 2.14 bits per heavy atom. The van der Waals surface area contributed by atoms with Crippen LogP contribution in [0.3, 0.4) is 0 Å². The SMILES string of the molecule is CC(OS(C)(=O)=O)c1ccc(Br)cn1. The van der Waals surface area contributed by atoms with E-state index in [1.165, 1.54) is 0 Å². The van der Waals surface area contributed by atoms with Crippen molar-refractivity contribution >= 4 is 26.0 Å². The monoisotopic (exact) mass is 279 g/mol. The highest BCUT2D eigenvalue weighted by molar-refractivity contribution is 9.10. The van der Waals surface area contributed by atoms with E-state index < -0.39 is 16.2 Å². The molecule has 0 aliphatic rings. The maximum absolute atomic E-state index is 10.8. The molecule has 0 saturated carbocycles. The maximum Gasteiger partial charge on any atom is 0.265 e. The van der Waals surface area contributed by atoms with Gasteiger partial charge in [-0.05, 0) is 35.0 Å². The maximum atomic E-state index is 10.8. The topological polar surface area (TPSA) is 56.3 Å². The van der Waals surface area contributed by atoms with E-state index in [9.17, 15) is 8.42 Å². The highest BCUT2D eigenvalue weighted by Gasteiger charge is 2.13. The Balaban J connectivity index is 2.80.